The summed E-state index contributed by atoms with van der Waals surface area (Å²) in [6.07, 6.45) is 1.01. The van der Waals surface area contributed by atoms with E-state index in [-0.39, 0.29) is 23.1 Å². The minimum absolute atomic E-state index is 0.0629. The second kappa shape index (κ2) is 9.54. The normalized spacial score (nSPS) is 14.8. The fourth-order valence-electron chi connectivity index (χ4n) is 3.11. The van der Waals surface area contributed by atoms with Crippen molar-refractivity contribution in [2.45, 2.75) is 33.6 Å². The topological polar surface area (TPSA) is 102 Å². The Bertz CT molecular complexity index is 776. The zero-order valence-electron chi connectivity index (χ0n) is 17.3. The van der Waals surface area contributed by atoms with Gasteiger partial charge in [-0.15, -0.1) is 0 Å². The summed E-state index contributed by atoms with van der Waals surface area (Å²) in [4.78, 5) is 50.2. The first-order chi connectivity index (χ1) is 13.6. The zero-order valence-corrected chi connectivity index (χ0v) is 17.3. The Kier molecular flexibility index (Phi) is 7.36. The van der Waals surface area contributed by atoms with Crippen molar-refractivity contribution in [3.05, 3.63) is 29.8 Å². The highest BCUT2D eigenvalue weighted by Gasteiger charge is 2.33. The molecule has 8 heteroatoms. The van der Waals surface area contributed by atoms with Gasteiger partial charge >= 0.3 is 11.9 Å². The second-order valence-electron chi connectivity index (χ2n) is 8.01. The average Bonchev–Trinajstić information content (AvgIpc) is 2.70. The monoisotopic (exact) mass is 404 g/mol. The number of hydrogen-bond donors (Lipinski definition) is 1. The summed E-state index contributed by atoms with van der Waals surface area (Å²) >= 11 is 0. The third-order valence-corrected chi connectivity index (χ3v) is 4.71. The molecule has 8 nitrogen and oxygen atoms in total. The van der Waals surface area contributed by atoms with E-state index in [2.05, 4.69) is 10.1 Å². The Morgan fingerprint density at radius 3 is 2.31 bits per heavy atom. The molecule has 1 aliphatic rings. The fourth-order valence-corrected chi connectivity index (χ4v) is 3.11. The van der Waals surface area contributed by atoms with Gasteiger partial charge in [0.05, 0.1) is 24.3 Å². The first-order valence-electron chi connectivity index (χ1n) is 9.56. The lowest BCUT2D eigenvalue weighted by Crippen LogP contribution is -2.45. The van der Waals surface area contributed by atoms with E-state index in [1.807, 2.05) is 20.8 Å². The van der Waals surface area contributed by atoms with Crippen LogP contribution in [0.4, 0.5) is 5.69 Å². The lowest BCUT2D eigenvalue weighted by Gasteiger charge is -2.34. The number of carbonyl (C=O) groups is 4. The van der Waals surface area contributed by atoms with Crippen molar-refractivity contribution in [3.8, 4) is 0 Å². The minimum atomic E-state index is -0.575. The number of ether oxygens (including phenoxy) is 2. The van der Waals surface area contributed by atoms with E-state index in [0.29, 0.717) is 25.9 Å². The van der Waals surface area contributed by atoms with Gasteiger partial charge in [-0.3, -0.25) is 14.4 Å². The van der Waals surface area contributed by atoms with E-state index in [4.69, 9.17) is 4.74 Å². The molecule has 1 N–H and O–H groups in total. The minimum Gasteiger partial charge on any atom is -0.465 e. The van der Waals surface area contributed by atoms with Crippen LogP contribution in [0.1, 0.15) is 44.0 Å². The van der Waals surface area contributed by atoms with Crippen molar-refractivity contribution in [2.24, 2.45) is 11.3 Å². The van der Waals surface area contributed by atoms with Gasteiger partial charge < -0.3 is 19.7 Å². The molecule has 0 spiro atoms. The highest BCUT2D eigenvalue weighted by atomic mass is 16.5. The van der Waals surface area contributed by atoms with Crippen LogP contribution in [0.2, 0.25) is 0 Å². The summed E-state index contributed by atoms with van der Waals surface area (Å²) in [6.45, 7) is 6.14. The van der Waals surface area contributed by atoms with Crippen LogP contribution in [0.15, 0.2) is 24.3 Å². The van der Waals surface area contributed by atoms with Crippen molar-refractivity contribution in [2.75, 3.05) is 32.1 Å². The van der Waals surface area contributed by atoms with Gasteiger partial charge in [-0.25, -0.2) is 4.79 Å². The number of hydrogen-bond acceptors (Lipinski definition) is 6. The summed E-state index contributed by atoms with van der Waals surface area (Å²) in [5.41, 5.74) is 0.0475. The Balaban J connectivity index is 1.82. The number of methoxy groups -OCH3 is 1. The van der Waals surface area contributed by atoms with E-state index >= 15 is 0 Å². The number of carbonyl (C=O) groups excluding carboxylic acids is 4. The summed E-state index contributed by atoms with van der Waals surface area (Å²) in [7, 11) is 1.25. The molecule has 29 heavy (non-hydrogen) atoms. The van der Waals surface area contributed by atoms with Crippen LogP contribution >= 0.6 is 0 Å². The third kappa shape index (κ3) is 6.04. The highest BCUT2D eigenvalue weighted by molar-refractivity contribution is 6.01. The number of para-hydroxylation sites is 1. The number of nitrogens with one attached hydrogen (secondary N) is 1. The predicted molar refractivity (Wildman–Crippen MR) is 106 cm³/mol. The van der Waals surface area contributed by atoms with Crippen LogP contribution in [-0.2, 0) is 23.9 Å². The molecule has 0 saturated carbocycles. The van der Waals surface area contributed by atoms with Crippen LogP contribution in [0, 0.1) is 11.3 Å². The van der Waals surface area contributed by atoms with Crippen LogP contribution in [0.25, 0.3) is 0 Å². The van der Waals surface area contributed by atoms with Crippen LogP contribution in [-0.4, -0.2) is 55.5 Å². The molecule has 158 valence electrons. The quantitative estimate of drug-likeness (QED) is 0.755. The summed E-state index contributed by atoms with van der Waals surface area (Å²) in [5, 5.41) is 2.55. The maximum absolute atomic E-state index is 12.3. The lowest BCUT2D eigenvalue weighted by molar-refractivity contribution is -0.155. The molecule has 1 aliphatic heterocycles. The Morgan fingerprint density at radius 2 is 1.72 bits per heavy atom. The maximum atomic E-state index is 12.3. The Hall–Kier alpha value is -2.90. The number of anilines is 1. The molecule has 0 atom stereocenters. The van der Waals surface area contributed by atoms with E-state index in [1.165, 1.54) is 13.2 Å². The molecule has 1 aromatic rings. The second-order valence-corrected chi connectivity index (χ2v) is 8.01. The number of nitrogens with zero attached hydrogens (tertiary/aromatic N) is 1. The van der Waals surface area contributed by atoms with Gasteiger partial charge in [0.25, 0.3) is 5.91 Å². The van der Waals surface area contributed by atoms with Crippen molar-refractivity contribution < 1.29 is 28.7 Å². The molecule has 1 fully saturated rings. The number of esters is 2. The predicted octanol–water partition coefficient (Wildman–Crippen LogP) is 2.24. The maximum Gasteiger partial charge on any atom is 0.339 e. The summed E-state index contributed by atoms with van der Waals surface area (Å²) in [6, 6.07) is 6.41. The highest BCUT2D eigenvalue weighted by Crippen LogP contribution is 2.24. The summed E-state index contributed by atoms with van der Waals surface area (Å²) in [5.74, 6) is -1.85. The molecule has 0 radical (unpaired) electrons. The number of benzene rings is 1. The van der Waals surface area contributed by atoms with Crippen LogP contribution in [0.5, 0.6) is 0 Å². The molecule has 0 aromatic heterocycles. The zero-order chi connectivity index (χ0) is 21.6. The fraction of sp³-hybridized carbons (Fsp3) is 0.524. The molecular weight excluding hydrogens is 376 g/mol. The van der Waals surface area contributed by atoms with Crippen molar-refractivity contribution in [3.63, 3.8) is 0 Å². The third-order valence-electron chi connectivity index (χ3n) is 4.71. The molecule has 1 saturated heterocycles. The van der Waals surface area contributed by atoms with Crippen LogP contribution in [0.3, 0.4) is 0 Å². The standard InChI is InChI=1S/C21H28N2O6/c1-21(2,3)20(27)23-11-9-14(10-12-23)18(25)29-13-17(24)22-16-8-6-5-7-15(16)19(26)28-4/h5-8,14H,9-13H2,1-4H3,(H,22,24). The molecule has 0 unspecified atom stereocenters. The molecular formula is C21H28N2O6. The van der Waals surface area contributed by atoms with Gasteiger partial charge in [0, 0.05) is 18.5 Å². The molecule has 2 rings (SSSR count). The Morgan fingerprint density at radius 1 is 1.10 bits per heavy atom. The van der Waals surface area contributed by atoms with Crippen molar-refractivity contribution in [1.82, 2.24) is 4.90 Å². The lowest BCUT2D eigenvalue weighted by atomic mass is 9.91. The molecule has 1 heterocycles. The van der Waals surface area contributed by atoms with E-state index < -0.39 is 29.9 Å². The summed E-state index contributed by atoms with van der Waals surface area (Å²) < 4.78 is 9.81. The first kappa shape index (κ1) is 22.4. The molecule has 1 aromatic carbocycles. The average molecular weight is 404 g/mol. The smallest absolute Gasteiger partial charge is 0.339 e. The number of rotatable bonds is 5. The Labute approximate surface area is 170 Å². The number of piperidine rings is 1. The molecule has 2 amide bonds. The van der Waals surface area contributed by atoms with Crippen molar-refractivity contribution in [1.29, 1.82) is 0 Å². The van der Waals surface area contributed by atoms with Gasteiger partial charge in [0.15, 0.2) is 6.61 Å². The van der Waals surface area contributed by atoms with Gasteiger partial charge in [-0.1, -0.05) is 32.9 Å². The first-order valence-corrected chi connectivity index (χ1v) is 9.56. The molecule has 0 aliphatic carbocycles. The number of likely N-dealkylation sites (tertiary alicyclic amines) is 1. The van der Waals surface area contributed by atoms with Gasteiger partial charge in [0.2, 0.25) is 5.91 Å². The van der Waals surface area contributed by atoms with Gasteiger partial charge in [0.1, 0.15) is 0 Å². The van der Waals surface area contributed by atoms with Gasteiger partial charge in [-0.05, 0) is 25.0 Å². The SMILES string of the molecule is COC(=O)c1ccccc1NC(=O)COC(=O)C1CCN(C(=O)C(C)(C)C)CC1. The van der Waals surface area contributed by atoms with Gasteiger partial charge in [-0.2, -0.15) is 0 Å². The number of amides is 2. The van der Waals surface area contributed by atoms with E-state index in [1.54, 1.807) is 23.1 Å². The largest absolute Gasteiger partial charge is 0.465 e. The van der Waals surface area contributed by atoms with Crippen LogP contribution < -0.4 is 5.32 Å². The van der Waals surface area contributed by atoms with E-state index in [0.717, 1.165) is 0 Å². The van der Waals surface area contributed by atoms with Crippen molar-refractivity contribution >= 4 is 29.4 Å². The van der Waals surface area contributed by atoms with E-state index in [9.17, 15) is 19.2 Å². The molecule has 0 bridgehead atoms.